The van der Waals surface area contributed by atoms with Gasteiger partial charge in [-0.15, -0.1) is 0 Å². The Hall–Kier alpha value is -1.50. The summed E-state index contributed by atoms with van der Waals surface area (Å²) in [5.41, 5.74) is 2.29. The first-order chi connectivity index (χ1) is 9.20. The average Bonchev–Trinajstić information content (AvgIpc) is 3.19. The Labute approximate surface area is 121 Å². The zero-order valence-corrected chi connectivity index (χ0v) is 11.6. The van der Waals surface area contributed by atoms with Crippen molar-refractivity contribution >= 4 is 23.2 Å². The van der Waals surface area contributed by atoms with Gasteiger partial charge in [0, 0.05) is 10.9 Å². The van der Waals surface area contributed by atoms with Gasteiger partial charge in [-0.25, -0.2) is 4.68 Å². The van der Waals surface area contributed by atoms with Gasteiger partial charge in [-0.2, -0.15) is 10.4 Å². The topological polar surface area (TPSA) is 41.6 Å². The maximum absolute atomic E-state index is 9.20. The molecule has 0 aliphatic heterocycles. The van der Waals surface area contributed by atoms with Crippen LogP contribution in [0.2, 0.25) is 10.2 Å². The Balaban J connectivity index is 1.98. The molecule has 1 heterocycles. The van der Waals surface area contributed by atoms with Crippen molar-refractivity contribution in [3.63, 3.8) is 0 Å². The van der Waals surface area contributed by atoms with E-state index in [4.69, 9.17) is 23.2 Å². The van der Waals surface area contributed by atoms with E-state index < -0.39 is 0 Å². The molecule has 96 valence electrons. The maximum Gasteiger partial charge on any atom is 0.145 e. The van der Waals surface area contributed by atoms with Crippen LogP contribution in [0.5, 0.6) is 0 Å². The quantitative estimate of drug-likeness (QED) is 0.858. The summed E-state index contributed by atoms with van der Waals surface area (Å²) in [6.45, 7) is 0.486. The first-order valence-corrected chi connectivity index (χ1v) is 6.86. The Morgan fingerprint density at radius 2 is 2.05 bits per heavy atom. The summed E-state index contributed by atoms with van der Waals surface area (Å²) in [7, 11) is 0. The molecule has 0 unspecified atom stereocenters. The number of halogens is 2. The molecule has 19 heavy (non-hydrogen) atoms. The van der Waals surface area contributed by atoms with E-state index in [0.29, 0.717) is 28.2 Å². The second-order valence-corrected chi connectivity index (χ2v) is 5.45. The number of aromatic nitrogens is 2. The minimum atomic E-state index is 0.402. The van der Waals surface area contributed by atoms with Crippen LogP contribution in [-0.2, 0) is 6.54 Å². The molecule has 0 N–H and O–H groups in total. The third-order valence-corrected chi connectivity index (χ3v) is 4.02. The summed E-state index contributed by atoms with van der Waals surface area (Å²) in [6.07, 6.45) is 2.18. The van der Waals surface area contributed by atoms with Crippen LogP contribution in [0.1, 0.15) is 35.6 Å². The predicted molar refractivity (Wildman–Crippen MR) is 74.5 cm³/mol. The van der Waals surface area contributed by atoms with E-state index in [-0.39, 0.29) is 0 Å². The van der Waals surface area contributed by atoms with Gasteiger partial charge in [0.05, 0.1) is 12.2 Å². The summed E-state index contributed by atoms with van der Waals surface area (Å²) in [5, 5.41) is 14.8. The molecule has 1 saturated carbocycles. The molecule has 0 amide bonds. The van der Waals surface area contributed by atoms with Crippen molar-refractivity contribution in [2.45, 2.75) is 25.3 Å². The average molecular weight is 292 g/mol. The van der Waals surface area contributed by atoms with Crippen LogP contribution in [0.15, 0.2) is 24.3 Å². The van der Waals surface area contributed by atoms with Gasteiger partial charge < -0.3 is 0 Å². The highest BCUT2D eigenvalue weighted by atomic mass is 35.5. The van der Waals surface area contributed by atoms with E-state index in [1.165, 1.54) is 0 Å². The molecule has 2 aromatic rings. The third kappa shape index (κ3) is 2.34. The zero-order chi connectivity index (χ0) is 13.4. The Kier molecular flexibility index (Phi) is 3.22. The first-order valence-electron chi connectivity index (χ1n) is 6.10. The van der Waals surface area contributed by atoms with Crippen LogP contribution in [0.25, 0.3) is 0 Å². The van der Waals surface area contributed by atoms with Gasteiger partial charge in [0.2, 0.25) is 0 Å². The Morgan fingerprint density at radius 1 is 1.32 bits per heavy atom. The van der Waals surface area contributed by atoms with Gasteiger partial charge >= 0.3 is 0 Å². The number of hydrogen-bond donors (Lipinski definition) is 0. The van der Waals surface area contributed by atoms with Crippen molar-refractivity contribution in [1.82, 2.24) is 9.78 Å². The molecular formula is C14H11Cl2N3. The second kappa shape index (κ2) is 4.88. The predicted octanol–water partition coefficient (Wildman–Crippen LogP) is 3.99. The highest BCUT2D eigenvalue weighted by Crippen LogP contribution is 2.42. The lowest BCUT2D eigenvalue weighted by Crippen LogP contribution is -2.03. The fraction of sp³-hybridized carbons (Fsp3) is 0.286. The van der Waals surface area contributed by atoms with Crippen molar-refractivity contribution in [1.29, 1.82) is 5.26 Å². The van der Waals surface area contributed by atoms with Crippen LogP contribution in [0.3, 0.4) is 0 Å². The molecule has 0 saturated heterocycles. The Bertz CT molecular complexity index is 666. The standard InChI is InChI=1S/C14H11Cl2N3/c15-12-4-2-1-3-10(12)8-19-14(16)11(7-17)13(18-19)9-5-6-9/h1-4,9H,5-6,8H2. The molecule has 1 aliphatic carbocycles. The molecule has 3 nitrogen and oxygen atoms in total. The number of benzene rings is 1. The minimum absolute atomic E-state index is 0.402. The minimum Gasteiger partial charge on any atom is -0.248 e. The van der Waals surface area contributed by atoms with E-state index in [1.54, 1.807) is 4.68 Å². The molecule has 1 aromatic carbocycles. The number of nitriles is 1. The van der Waals surface area contributed by atoms with E-state index >= 15 is 0 Å². The van der Waals surface area contributed by atoms with Gasteiger partial charge in [0.25, 0.3) is 0 Å². The van der Waals surface area contributed by atoms with Gasteiger partial charge in [-0.05, 0) is 24.5 Å². The summed E-state index contributed by atoms with van der Waals surface area (Å²) in [4.78, 5) is 0. The van der Waals surface area contributed by atoms with Crippen LogP contribution in [-0.4, -0.2) is 9.78 Å². The molecule has 1 fully saturated rings. The molecule has 0 bridgehead atoms. The van der Waals surface area contributed by atoms with Gasteiger partial charge in [-0.3, -0.25) is 0 Å². The lowest BCUT2D eigenvalue weighted by Gasteiger charge is -2.05. The van der Waals surface area contributed by atoms with E-state index in [2.05, 4.69) is 11.2 Å². The molecule has 3 rings (SSSR count). The maximum atomic E-state index is 9.20. The van der Waals surface area contributed by atoms with Crippen LogP contribution in [0.4, 0.5) is 0 Å². The van der Waals surface area contributed by atoms with Gasteiger partial charge in [0.1, 0.15) is 16.8 Å². The van der Waals surface area contributed by atoms with Crippen molar-refractivity contribution < 1.29 is 0 Å². The fourth-order valence-corrected chi connectivity index (χ4v) is 2.53. The van der Waals surface area contributed by atoms with E-state index in [1.807, 2.05) is 24.3 Å². The van der Waals surface area contributed by atoms with Crippen LogP contribution >= 0.6 is 23.2 Å². The smallest absolute Gasteiger partial charge is 0.145 e. The largest absolute Gasteiger partial charge is 0.248 e. The summed E-state index contributed by atoms with van der Waals surface area (Å²) >= 11 is 12.4. The molecule has 5 heteroatoms. The highest BCUT2D eigenvalue weighted by Gasteiger charge is 2.31. The van der Waals surface area contributed by atoms with Crippen molar-refractivity contribution in [3.05, 3.63) is 51.3 Å². The van der Waals surface area contributed by atoms with E-state index in [9.17, 15) is 5.26 Å². The highest BCUT2D eigenvalue weighted by molar-refractivity contribution is 6.31. The molecule has 1 aliphatic rings. The molecule has 0 spiro atoms. The lowest BCUT2D eigenvalue weighted by molar-refractivity contribution is 0.673. The number of nitrogens with zero attached hydrogens (tertiary/aromatic N) is 3. The normalized spacial score (nSPS) is 14.4. The van der Waals surface area contributed by atoms with Crippen molar-refractivity contribution in [2.75, 3.05) is 0 Å². The summed E-state index contributed by atoms with van der Waals surface area (Å²) in [6, 6.07) is 9.73. The first kappa shape index (κ1) is 12.5. The SMILES string of the molecule is N#Cc1c(C2CC2)nn(Cc2ccccc2Cl)c1Cl. The van der Waals surface area contributed by atoms with Gasteiger partial charge in [-0.1, -0.05) is 41.4 Å². The van der Waals surface area contributed by atoms with Crippen molar-refractivity contribution in [2.24, 2.45) is 0 Å². The van der Waals surface area contributed by atoms with Crippen LogP contribution in [0, 0.1) is 11.3 Å². The van der Waals surface area contributed by atoms with Gasteiger partial charge in [0.15, 0.2) is 0 Å². The monoisotopic (exact) mass is 291 g/mol. The lowest BCUT2D eigenvalue weighted by atomic mass is 10.2. The number of rotatable bonds is 3. The summed E-state index contributed by atoms with van der Waals surface area (Å²) in [5.74, 6) is 0.402. The second-order valence-electron chi connectivity index (χ2n) is 4.69. The van der Waals surface area contributed by atoms with Crippen LogP contribution < -0.4 is 0 Å². The van der Waals surface area contributed by atoms with Crippen molar-refractivity contribution in [3.8, 4) is 6.07 Å². The molecule has 1 aromatic heterocycles. The van der Waals surface area contributed by atoms with E-state index in [0.717, 1.165) is 24.1 Å². The third-order valence-electron chi connectivity index (χ3n) is 3.27. The summed E-state index contributed by atoms with van der Waals surface area (Å²) < 4.78 is 1.66. The molecule has 0 atom stereocenters. The zero-order valence-electron chi connectivity index (χ0n) is 10.1. The molecular weight excluding hydrogens is 281 g/mol. The number of hydrogen-bond acceptors (Lipinski definition) is 2. The Morgan fingerprint density at radius 3 is 2.68 bits per heavy atom. The molecule has 0 radical (unpaired) electrons. The fourth-order valence-electron chi connectivity index (χ4n) is 2.10.